The summed E-state index contributed by atoms with van der Waals surface area (Å²) in [6.45, 7) is 14.1. The molecule has 4 N–H and O–H groups in total. The number of benzene rings is 5. The predicted molar refractivity (Wildman–Crippen MR) is 384 cm³/mol. The van der Waals surface area contributed by atoms with Crippen molar-refractivity contribution in [3.8, 4) is 0 Å². The highest BCUT2D eigenvalue weighted by molar-refractivity contribution is 7.99. The van der Waals surface area contributed by atoms with Crippen LogP contribution in [-0.2, 0) is 43.8 Å². The summed E-state index contributed by atoms with van der Waals surface area (Å²) in [4.78, 5) is 107. The highest BCUT2D eigenvalue weighted by Gasteiger charge is 2.49. The number of carbonyl (C=O) groups excluding carboxylic acids is 7. The average molecular weight is 1500 g/mol. The first-order chi connectivity index (χ1) is 49.3. The number of hydrogen-bond donors (Lipinski definition) is 4. The number of halogens is 4. The van der Waals surface area contributed by atoms with E-state index in [2.05, 4.69) is 59.5 Å². The van der Waals surface area contributed by atoms with Gasteiger partial charge in [-0.1, -0.05) is 60.5 Å². The molecule has 6 heterocycles. The van der Waals surface area contributed by atoms with Gasteiger partial charge in [-0.05, 0) is 128 Å². The Labute approximate surface area is 606 Å². The summed E-state index contributed by atoms with van der Waals surface area (Å²) in [5.41, 5.74) is -1.23. The second kappa shape index (κ2) is 32.2. The van der Waals surface area contributed by atoms with E-state index >= 15 is 0 Å². The fourth-order valence-electron chi connectivity index (χ4n) is 14.6. The summed E-state index contributed by atoms with van der Waals surface area (Å²) in [7, 11) is -11.0. The van der Waals surface area contributed by atoms with Crippen LogP contribution < -0.4 is 25.6 Å². The Balaban J connectivity index is 0.608. The molecule has 3 atom stereocenters. The van der Waals surface area contributed by atoms with Gasteiger partial charge in [0.05, 0.1) is 48.0 Å². The largest absolute Gasteiger partial charge is 0.501 e. The van der Waals surface area contributed by atoms with Gasteiger partial charge >= 0.3 is 5.51 Å². The summed E-state index contributed by atoms with van der Waals surface area (Å²) < 4.78 is 105. The third kappa shape index (κ3) is 17.9. The number of rotatable bonds is 24. The Morgan fingerprint density at radius 1 is 0.718 bits per heavy atom. The zero-order valence-corrected chi connectivity index (χ0v) is 60.3. The maximum Gasteiger partial charge on any atom is 0.501 e. The molecule has 0 bridgehead atoms. The molecule has 0 aromatic heterocycles. The number of ether oxygens (including phenoxy) is 1. The topological polar surface area (TPSA) is 271 Å². The molecule has 7 amide bonds. The van der Waals surface area contributed by atoms with Gasteiger partial charge in [0.2, 0.25) is 23.6 Å². The number of carbonyl (C=O) groups is 7. The van der Waals surface area contributed by atoms with Gasteiger partial charge in [-0.25, -0.2) is 21.6 Å². The zero-order valence-electron chi connectivity index (χ0n) is 57.1. The Morgan fingerprint density at radius 2 is 1.39 bits per heavy atom. The van der Waals surface area contributed by atoms with Gasteiger partial charge in [0.1, 0.15) is 10.9 Å². The first-order valence-corrected chi connectivity index (χ1v) is 39.0. The van der Waals surface area contributed by atoms with Crippen molar-refractivity contribution >= 4 is 107 Å². The molecule has 5 fully saturated rings. The van der Waals surface area contributed by atoms with Crippen LogP contribution in [0, 0.1) is 5.41 Å². The van der Waals surface area contributed by atoms with E-state index in [1.165, 1.54) is 41.1 Å². The lowest BCUT2D eigenvalue weighted by Gasteiger charge is -2.44. The van der Waals surface area contributed by atoms with E-state index in [4.69, 9.17) is 16.3 Å². The van der Waals surface area contributed by atoms with E-state index < -0.39 is 82.5 Å². The number of morpholine rings is 1. The minimum Gasteiger partial charge on any atom is -0.380 e. The fraction of sp³-hybridized carbons (Fsp3) is 0.458. The van der Waals surface area contributed by atoms with Gasteiger partial charge in [0.25, 0.3) is 37.6 Å². The number of piperidine rings is 1. The lowest BCUT2D eigenvalue weighted by molar-refractivity contribution is -0.137. The van der Waals surface area contributed by atoms with Gasteiger partial charge in [-0.15, -0.1) is 11.8 Å². The van der Waals surface area contributed by atoms with Crippen LogP contribution in [0.15, 0.2) is 136 Å². The molecule has 31 heteroatoms. The average Bonchev–Trinajstić information content (AvgIpc) is 1.73. The summed E-state index contributed by atoms with van der Waals surface area (Å²) in [5, 5.41) is 8.89. The molecule has 0 radical (unpaired) electrons. The standard InChI is InChI=1S/C72H84ClF3N12O12S3/c1-71(48-84-30-36-87(37-31-84)65(91)46-83-28-34-86(35-29-83)64(90)44-77-60-9-5-8-58-66(60)70(95)88(69(58)94)61-20-21-63(89)79-68(61)93)24-22-57(49-10-14-52(73)15-11-49)51(43-71)45-82-26-32-85(33-27-82)54-16-12-50(13-17-54)67(92)80-103(98,99)56-18-19-59(62(42-56)102(96,97)72(74,75)76)78-53(23-25-81-38-40-100-41-39-81)47-101-55-6-3-2-4-7-55/h2-19,42,53,61,77-78H,20-41,43-48H2,1H3,(H,80,92)(H,79,89,93)/t53-,61?,71?/m1/s1. The van der Waals surface area contributed by atoms with Gasteiger partial charge in [-0.3, -0.25) is 63.4 Å². The number of amides is 7. The number of fused-ring (bicyclic) bond motifs is 1. The lowest BCUT2D eigenvalue weighted by Crippen LogP contribution is -2.55. The summed E-state index contributed by atoms with van der Waals surface area (Å²) >= 11 is 7.82. The number of piperazine rings is 3. The van der Waals surface area contributed by atoms with Crippen LogP contribution in [0.1, 0.15) is 82.1 Å². The van der Waals surface area contributed by atoms with Gasteiger partial charge in [0, 0.05) is 156 Å². The number of nitrogens with zero attached hydrogens (tertiary/aromatic N) is 8. The number of thioether (sulfide) groups is 1. The van der Waals surface area contributed by atoms with Crippen LogP contribution in [0.5, 0.6) is 0 Å². The molecule has 0 saturated carbocycles. The number of sulfonamides is 1. The van der Waals surface area contributed by atoms with Crippen LogP contribution in [0.4, 0.5) is 30.2 Å². The van der Waals surface area contributed by atoms with Crippen molar-refractivity contribution in [1.82, 2.24) is 44.3 Å². The number of imide groups is 2. The van der Waals surface area contributed by atoms with Crippen LogP contribution >= 0.6 is 23.4 Å². The Kier molecular flexibility index (Phi) is 23.4. The highest BCUT2D eigenvalue weighted by atomic mass is 35.5. The molecule has 12 rings (SSSR count). The molecule has 103 heavy (non-hydrogen) atoms. The van der Waals surface area contributed by atoms with Gasteiger partial charge in [-0.2, -0.15) is 13.2 Å². The summed E-state index contributed by atoms with van der Waals surface area (Å²) in [5.74, 6) is -3.37. The minimum absolute atomic E-state index is 0.00166. The van der Waals surface area contributed by atoms with Crippen molar-refractivity contribution in [1.29, 1.82) is 0 Å². The molecule has 7 aliphatic rings. The maximum absolute atomic E-state index is 14.4. The van der Waals surface area contributed by atoms with Crippen molar-refractivity contribution in [2.45, 2.75) is 77.7 Å². The summed E-state index contributed by atoms with van der Waals surface area (Å²) in [6, 6.07) is 29.1. The molecule has 6 aliphatic heterocycles. The van der Waals surface area contributed by atoms with Crippen molar-refractivity contribution in [2.75, 3.05) is 159 Å². The zero-order chi connectivity index (χ0) is 72.8. The molecule has 5 aromatic rings. The van der Waals surface area contributed by atoms with Crippen LogP contribution in [0.25, 0.3) is 5.57 Å². The van der Waals surface area contributed by atoms with Crippen molar-refractivity contribution in [3.63, 3.8) is 0 Å². The highest BCUT2D eigenvalue weighted by Crippen LogP contribution is 2.45. The Hall–Kier alpha value is -7.94. The van der Waals surface area contributed by atoms with Gasteiger partial charge in [0.15, 0.2) is 0 Å². The smallest absolute Gasteiger partial charge is 0.380 e. The van der Waals surface area contributed by atoms with Crippen LogP contribution in [0.3, 0.4) is 0 Å². The molecule has 550 valence electrons. The van der Waals surface area contributed by atoms with Crippen molar-refractivity contribution in [2.24, 2.45) is 5.41 Å². The second-order valence-electron chi connectivity index (χ2n) is 27.5. The first kappa shape index (κ1) is 74.8. The number of sulfone groups is 1. The lowest BCUT2D eigenvalue weighted by atomic mass is 9.71. The third-order valence-corrected chi connectivity index (χ3v) is 24.6. The van der Waals surface area contributed by atoms with E-state index in [9.17, 15) is 63.6 Å². The van der Waals surface area contributed by atoms with E-state index in [1.807, 2.05) is 52.1 Å². The molecular formula is C72H84ClF3N12O12S3. The summed E-state index contributed by atoms with van der Waals surface area (Å²) in [6.07, 6.45) is 3.16. The van der Waals surface area contributed by atoms with Crippen LogP contribution in [0.2, 0.25) is 5.02 Å². The third-order valence-electron chi connectivity index (χ3n) is 20.4. The Bertz CT molecular complexity index is 4270. The van der Waals surface area contributed by atoms with Crippen LogP contribution in [-0.4, -0.2) is 253 Å². The fourth-order valence-corrected chi connectivity index (χ4v) is 17.8. The van der Waals surface area contributed by atoms with Gasteiger partial charge < -0.3 is 30.1 Å². The quantitative estimate of drug-likeness (QED) is 0.0373. The number of allylic oxidation sites excluding steroid dienone is 1. The second-order valence-corrected chi connectivity index (χ2v) is 32.6. The molecule has 24 nitrogen and oxygen atoms in total. The predicted octanol–water partition coefficient (Wildman–Crippen LogP) is 6.62. The van der Waals surface area contributed by atoms with E-state index in [0.717, 1.165) is 91.7 Å². The monoisotopic (exact) mass is 1500 g/mol. The first-order valence-electron chi connectivity index (χ1n) is 34.7. The van der Waals surface area contributed by atoms with E-state index in [-0.39, 0.29) is 59.9 Å². The number of hydrogen-bond acceptors (Lipinski definition) is 20. The minimum atomic E-state index is -6.11. The molecule has 5 aromatic carbocycles. The molecule has 0 spiro atoms. The molecule has 2 unspecified atom stereocenters. The normalized spacial score (nSPS) is 21.2. The molecule has 5 saturated heterocycles. The maximum atomic E-state index is 14.4. The Morgan fingerprint density at radius 3 is 2.07 bits per heavy atom. The van der Waals surface area contributed by atoms with Crippen molar-refractivity contribution < 1.29 is 68.3 Å². The van der Waals surface area contributed by atoms with Crippen molar-refractivity contribution in [3.05, 3.63) is 148 Å². The number of alkyl halides is 3. The number of nitrogens with one attached hydrogen (secondary N) is 4. The molecular weight excluding hydrogens is 1410 g/mol. The number of anilines is 3. The molecule has 1 aliphatic carbocycles. The van der Waals surface area contributed by atoms with E-state index in [0.29, 0.717) is 114 Å². The van der Waals surface area contributed by atoms with E-state index in [1.54, 1.807) is 29.2 Å². The SMILES string of the molecule is CC1(CN2CCN(C(=O)CN3CCN(C(=O)CNc4cccc5c4C(=O)N(C4CCC(=O)NC4=O)C5=O)CC3)CC2)CCC(c2ccc(Cl)cc2)=C(CN2CCN(c3ccc(C(=O)NS(=O)(=O)c4ccc(N[C@H](CCN5CCOCC5)CSc5ccccc5)c(S(=O)(=O)C(F)(F)F)c4)cc3)CC2)C1.